The second kappa shape index (κ2) is 6.01. The molecule has 1 saturated heterocycles. The van der Waals surface area contributed by atoms with Crippen molar-refractivity contribution in [2.24, 2.45) is 0 Å². The topological polar surface area (TPSA) is 71.4 Å². The van der Waals surface area contributed by atoms with Crippen molar-refractivity contribution in [2.45, 2.75) is 13.8 Å². The molecule has 0 spiro atoms. The fourth-order valence-corrected chi connectivity index (χ4v) is 2.84. The molecule has 0 aliphatic carbocycles. The van der Waals surface area contributed by atoms with E-state index in [1.54, 1.807) is 42.7 Å². The van der Waals surface area contributed by atoms with Gasteiger partial charge >= 0.3 is 6.03 Å². The normalized spacial score (nSPS) is 16.6. The molecule has 0 atom stereocenters. The number of hydrogen-bond donors (Lipinski definition) is 1. The van der Waals surface area contributed by atoms with Gasteiger partial charge in [-0.2, -0.15) is 0 Å². The van der Waals surface area contributed by atoms with E-state index < -0.39 is 17.8 Å². The van der Waals surface area contributed by atoms with E-state index in [4.69, 9.17) is 0 Å². The first-order chi connectivity index (χ1) is 11.8. The summed E-state index contributed by atoms with van der Waals surface area (Å²) in [5.41, 5.74) is 2.27. The number of carbonyl (C=O) groups is 3. The second-order valence-electron chi connectivity index (χ2n) is 5.79. The average Bonchev–Trinajstić information content (AvgIpc) is 2.84. The van der Waals surface area contributed by atoms with Crippen LogP contribution in [0, 0.1) is 19.7 Å². The minimum atomic E-state index is -0.760. The van der Waals surface area contributed by atoms with Gasteiger partial charge in [-0.05, 0) is 43.7 Å². The summed E-state index contributed by atoms with van der Waals surface area (Å²) in [5.74, 6) is -1.80. The van der Waals surface area contributed by atoms with E-state index in [9.17, 15) is 18.8 Å². The highest BCUT2D eigenvalue weighted by Crippen LogP contribution is 2.25. The van der Waals surface area contributed by atoms with Crippen LogP contribution in [0.25, 0.3) is 11.8 Å². The first-order valence-corrected chi connectivity index (χ1v) is 7.60. The van der Waals surface area contributed by atoms with Gasteiger partial charge < -0.3 is 4.57 Å². The number of rotatable bonds is 2. The molecule has 1 fully saturated rings. The molecule has 2 aromatic rings. The highest BCUT2D eigenvalue weighted by Gasteiger charge is 2.33. The van der Waals surface area contributed by atoms with Crippen molar-refractivity contribution >= 4 is 23.9 Å². The van der Waals surface area contributed by atoms with E-state index >= 15 is 0 Å². The average molecular weight is 341 g/mol. The van der Waals surface area contributed by atoms with Crippen molar-refractivity contribution in [2.75, 3.05) is 7.05 Å². The number of likely N-dealkylation sites (N-methyl/N-ethyl adjacent to an activating group) is 1. The Morgan fingerprint density at radius 3 is 2.48 bits per heavy atom. The van der Waals surface area contributed by atoms with E-state index in [0.717, 1.165) is 10.6 Å². The lowest BCUT2D eigenvalue weighted by Crippen LogP contribution is -2.52. The molecule has 1 N–H and O–H groups in total. The van der Waals surface area contributed by atoms with Crippen LogP contribution >= 0.6 is 0 Å². The smallest absolute Gasteiger partial charge is 0.315 e. The molecule has 1 aliphatic rings. The molecule has 3 rings (SSSR count). The van der Waals surface area contributed by atoms with Crippen LogP contribution in [0.5, 0.6) is 0 Å². The van der Waals surface area contributed by atoms with E-state index in [1.807, 2.05) is 0 Å². The van der Waals surface area contributed by atoms with Gasteiger partial charge in [-0.25, -0.2) is 9.18 Å². The Kier molecular flexibility index (Phi) is 4.00. The van der Waals surface area contributed by atoms with Gasteiger partial charge in [-0.15, -0.1) is 0 Å². The molecule has 1 aromatic heterocycles. The van der Waals surface area contributed by atoms with E-state index in [1.165, 1.54) is 19.2 Å². The molecule has 1 aliphatic heterocycles. The van der Waals surface area contributed by atoms with E-state index in [2.05, 4.69) is 5.32 Å². The van der Waals surface area contributed by atoms with Crippen molar-refractivity contribution in [3.63, 3.8) is 0 Å². The number of amides is 4. The lowest BCUT2D eigenvalue weighted by molar-refractivity contribution is -0.129. The van der Waals surface area contributed by atoms with Crippen LogP contribution in [0.15, 0.2) is 35.9 Å². The number of halogens is 1. The van der Waals surface area contributed by atoms with Gasteiger partial charge in [-0.1, -0.05) is 12.1 Å². The molecule has 2 heterocycles. The van der Waals surface area contributed by atoms with Gasteiger partial charge in [0.2, 0.25) is 0 Å². The number of imide groups is 2. The Bertz CT molecular complexity index is 943. The van der Waals surface area contributed by atoms with Gasteiger partial charge in [0.15, 0.2) is 0 Å². The Morgan fingerprint density at radius 1 is 1.12 bits per heavy atom. The van der Waals surface area contributed by atoms with Crippen LogP contribution < -0.4 is 5.32 Å². The van der Waals surface area contributed by atoms with Crippen molar-refractivity contribution in [1.82, 2.24) is 14.8 Å². The summed E-state index contributed by atoms with van der Waals surface area (Å²) in [6.07, 6.45) is 1.42. The molecule has 7 heteroatoms. The molecule has 6 nitrogen and oxygen atoms in total. The minimum Gasteiger partial charge on any atom is -0.315 e. The van der Waals surface area contributed by atoms with Crippen molar-refractivity contribution in [3.8, 4) is 5.69 Å². The van der Waals surface area contributed by atoms with Gasteiger partial charge in [-0.3, -0.25) is 19.8 Å². The maximum absolute atomic E-state index is 14.1. The number of benzene rings is 1. The van der Waals surface area contributed by atoms with Gasteiger partial charge in [0.25, 0.3) is 11.8 Å². The molecule has 0 bridgehead atoms. The lowest BCUT2D eigenvalue weighted by Gasteiger charge is -2.22. The summed E-state index contributed by atoms with van der Waals surface area (Å²) in [5, 5.41) is 2.10. The highest BCUT2D eigenvalue weighted by molar-refractivity contribution is 6.30. The zero-order valence-electron chi connectivity index (χ0n) is 14.0. The quantitative estimate of drug-likeness (QED) is 0.673. The zero-order chi connectivity index (χ0) is 18.3. The number of hydrogen-bond acceptors (Lipinski definition) is 3. The molecule has 128 valence electrons. The van der Waals surface area contributed by atoms with Crippen LogP contribution in [-0.4, -0.2) is 34.4 Å². The number of aryl methyl sites for hydroxylation is 1. The Labute approximate surface area is 143 Å². The third-order valence-corrected chi connectivity index (χ3v) is 4.17. The Hall–Kier alpha value is -3.22. The molecule has 0 unspecified atom stereocenters. The molecule has 25 heavy (non-hydrogen) atoms. The molecule has 0 saturated carbocycles. The third-order valence-electron chi connectivity index (χ3n) is 4.17. The zero-order valence-corrected chi connectivity index (χ0v) is 14.0. The van der Waals surface area contributed by atoms with Crippen molar-refractivity contribution in [1.29, 1.82) is 0 Å². The summed E-state index contributed by atoms with van der Waals surface area (Å²) in [6, 6.07) is 7.35. The standard InChI is InChI=1S/C18H16FN3O3/c1-10-8-12(9-13-16(23)20-18(25)21(3)17(13)24)11(2)22(10)15-7-5-4-6-14(15)19/h4-9H,1-3H3,(H,20,23,25)/b13-9-. The predicted octanol–water partition coefficient (Wildman–Crippen LogP) is 2.32. The minimum absolute atomic E-state index is 0.143. The van der Waals surface area contributed by atoms with Crippen molar-refractivity contribution in [3.05, 3.63) is 58.7 Å². The monoisotopic (exact) mass is 341 g/mol. The summed E-state index contributed by atoms with van der Waals surface area (Å²) in [6.45, 7) is 3.58. The van der Waals surface area contributed by atoms with Gasteiger partial charge in [0.05, 0.1) is 5.69 Å². The van der Waals surface area contributed by atoms with Gasteiger partial charge in [0, 0.05) is 18.4 Å². The number of nitrogens with one attached hydrogen (secondary N) is 1. The fourth-order valence-electron chi connectivity index (χ4n) is 2.84. The number of aromatic nitrogens is 1. The van der Waals surface area contributed by atoms with Crippen molar-refractivity contribution < 1.29 is 18.8 Å². The molecule has 0 radical (unpaired) electrons. The molecule has 1 aromatic carbocycles. The maximum atomic E-state index is 14.1. The number of para-hydroxylation sites is 1. The third kappa shape index (κ3) is 2.73. The van der Waals surface area contributed by atoms with E-state index in [-0.39, 0.29) is 11.4 Å². The predicted molar refractivity (Wildman–Crippen MR) is 89.5 cm³/mol. The van der Waals surface area contributed by atoms with Gasteiger partial charge in [0.1, 0.15) is 11.4 Å². The van der Waals surface area contributed by atoms with Crippen LogP contribution in [0.3, 0.4) is 0 Å². The largest absolute Gasteiger partial charge is 0.331 e. The number of barbiturate groups is 1. The summed E-state index contributed by atoms with van der Waals surface area (Å²) >= 11 is 0. The molecule has 4 amide bonds. The van der Waals surface area contributed by atoms with Crippen LogP contribution in [0.2, 0.25) is 0 Å². The maximum Gasteiger partial charge on any atom is 0.331 e. The molecular weight excluding hydrogens is 325 g/mol. The lowest BCUT2D eigenvalue weighted by atomic mass is 10.1. The van der Waals surface area contributed by atoms with Crippen LogP contribution in [0.1, 0.15) is 17.0 Å². The highest BCUT2D eigenvalue weighted by atomic mass is 19.1. The Morgan fingerprint density at radius 2 is 1.80 bits per heavy atom. The summed E-state index contributed by atoms with van der Waals surface area (Å²) in [4.78, 5) is 36.5. The number of carbonyl (C=O) groups excluding carboxylic acids is 3. The SMILES string of the molecule is Cc1cc(/C=C2/C(=O)NC(=O)N(C)C2=O)c(C)n1-c1ccccc1F. The first-order valence-electron chi connectivity index (χ1n) is 7.60. The fraction of sp³-hybridized carbons (Fsp3) is 0.167. The Balaban J connectivity index is 2.10. The van der Waals surface area contributed by atoms with Crippen LogP contribution in [0.4, 0.5) is 9.18 Å². The molecular formula is C18H16FN3O3. The number of nitrogens with zero attached hydrogens (tertiary/aromatic N) is 2. The summed E-state index contributed by atoms with van der Waals surface area (Å²) in [7, 11) is 1.29. The number of urea groups is 1. The van der Waals surface area contributed by atoms with E-state index in [0.29, 0.717) is 16.9 Å². The first kappa shape index (κ1) is 16.6. The second-order valence-corrected chi connectivity index (χ2v) is 5.79. The summed E-state index contributed by atoms with van der Waals surface area (Å²) < 4.78 is 15.8. The van der Waals surface area contributed by atoms with Crippen LogP contribution in [-0.2, 0) is 9.59 Å².